The van der Waals surface area contributed by atoms with Gasteiger partial charge in [-0.2, -0.15) is 0 Å². The first-order chi connectivity index (χ1) is 14.8. The van der Waals surface area contributed by atoms with Crippen molar-refractivity contribution in [2.24, 2.45) is 0 Å². The first-order valence-electron chi connectivity index (χ1n) is 11.0. The predicted molar refractivity (Wildman–Crippen MR) is 120 cm³/mol. The second kappa shape index (κ2) is 11.7. The summed E-state index contributed by atoms with van der Waals surface area (Å²) in [5, 5.41) is 8.67. The van der Waals surface area contributed by atoms with E-state index in [1.807, 2.05) is 13.0 Å². The Morgan fingerprint density at radius 1 is 1.16 bits per heavy atom. The van der Waals surface area contributed by atoms with Crippen LogP contribution in [-0.4, -0.2) is 67.5 Å². The molecule has 8 nitrogen and oxygen atoms in total. The van der Waals surface area contributed by atoms with E-state index in [4.69, 9.17) is 4.74 Å². The highest BCUT2D eigenvalue weighted by molar-refractivity contribution is 5.91. The molecule has 8 heteroatoms. The summed E-state index contributed by atoms with van der Waals surface area (Å²) in [5.74, 6) is 0.0395. The van der Waals surface area contributed by atoms with Crippen LogP contribution in [0.15, 0.2) is 35.6 Å². The van der Waals surface area contributed by atoms with E-state index in [9.17, 15) is 14.4 Å². The normalized spacial score (nSPS) is 28.9. The van der Waals surface area contributed by atoms with Gasteiger partial charge in [0.25, 0.3) is 0 Å². The van der Waals surface area contributed by atoms with Gasteiger partial charge >= 0.3 is 0 Å². The van der Waals surface area contributed by atoms with Crippen LogP contribution in [0.1, 0.15) is 46.5 Å². The molecule has 0 aromatic heterocycles. The Morgan fingerprint density at radius 2 is 1.90 bits per heavy atom. The minimum atomic E-state index is -0.684. The van der Waals surface area contributed by atoms with E-state index in [1.165, 1.54) is 4.90 Å². The maximum Gasteiger partial charge on any atom is 0.242 e. The van der Waals surface area contributed by atoms with Crippen molar-refractivity contribution >= 4 is 17.7 Å². The average molecular weight is 433 g/mol. The highest BCUT2D eigenvalue weighted by atomic mass is 16.5. The molecule has 3 unspecified atom stereocenters. The van der Waals surface area contributed by atoms with Gasteiger partial charge in [0.15, 0.2) is 0 Å². The van der Waals surface area contributed by atoms with Gasteiger partial charge < -0.3 is 25.6 Å². The fourth-order valence-corrected chi connectivity index (χ4v) is 3.69. The lowest BCUT2D eigenvalue weighted by atomic mass is 9.96. The molecule has 2 aliphatic heterocycles. The summed E-state index contributed by atoms with van der Waals surface area (Å²) < 4.78 is 6.31. The van der Waals surface area contributed by atoms with Gasteiger partial charge in [-0.25, -0.2) is 0 Å². The van der Waals surface area contributed by atoms with Crippen LogP contribution in [0.2, 0.25) is 0 Å². The molecule has 0 radical (unpaired) electrons. The second-order valence-electron chi connectivity index (χ2n) is 8.08. The van der Waals surface area contributed by atoms with Gasteiger partial charge in [-0.1, -0.05) is 18.7 Å². The summed E-state index contributed by atoms with van der Waals surface area (Å²) in [5.41, 5.74) is 2.17. The molecule has 0 saturated carbocycles. The number of fused-ring (bicyclic) bond motifs is 2. The monoisotopic (exact) mass is 432 g/mol. The number of ether oxygens (including phenoxy) is 1. The van der Waals surface area contributed by atoms with Gasteiger partial charge in [-0.05, 0) is 57.6 Å². The van der Waals surface area contributed by atoms with Crippen molar-refractivity contribution in [3.63, 3.8) is 0 Å². The van der Waals surface area contributed by atoms with Crippen LogP contribution < -0.4 is 16.0 Å². The minimum Gasteiger partial charge on any atom is -0.489 e. The summed E-state index contributed by atoms with van der Waals surface area (Å²) in [6, 6.07) is -1.16. The Morgan fingerprint density at radius 3 is 2.58 bits per heavy atom. The predicted octanol–water partition coefficient (Wildman–Crippen LogP) is 1.40. The van der Waals surface area contributed by atoms with Gasteiger partial charge in [0.1, 0.15) is 17.9 Å². The number of amides is 3. The van der Waals surface area contributed by atoms with Crippen molar-refractivity contribution in [2.75, 3.05) is 26.7 Å². The molecule has 0 aromatic rings. The van der Waals surface area contributed by atoms with Crippen LogP contribution in [-0.2, 0) is 19.1 Å². The van der Waals surface area contributed by atoms with Gasteiger partial charge in [0.05, 0.1) is 12.6 Å². The Kier molecular flexibility index (Phi) is 9.30. The van der Waals surface area contributed by atoms with E-state index < -0.39 is 12.1 Å². The SMILES string of the molecule is C=CC1=C2OC(CC/C2=C/C)CNC(C)C(=O)N(C)C(C)C(=O)NCC(=O)NCCC1. The first kappa shape index (κ1) is 24.7. The lowest BCUT2D eigenvalue weighted by molar-refractivity contribution is -0.140. The third kappa shape index (κ3) is 6.69. The van der Waals surface area contributed by atoms with Crippen LogP contribution >= 0.6 is 0 Å². The number of nitrogens with one attached hydrogen (secondary N) is 3. The third-order valence-electron chi connectivity index (χ3n) is 5.90. The van der Waals surface area contributed by atoms with Crippen LogP contribution in [0.3, 0.4) is 0 Å². The van der Waals surface area contributed by atoms with Crippen LogP contribution in [0.5, 0.6) is 0 Å². The van der Waals surface area contributed by atoms with E-state index in [0.29, 0.717) is 13.1 Å². The molecule has 0 aromatic carbocycles. The van der Waals surface area contributed by atoms with Crippen molar-refractivity contribution in [1.29, 1.82) is 0 Å². The van der Waals surface area contributed by atoms with E-state index in [-0.39, 0.29) is 30.4 Å². The Bertz CT molecular complexity index is 759. The van der Waals surface area contributed by atoms with Crippen LogP contribution in [0.4, 0.5) is 0 Å². The molecule has 1 saturated heterocycles. The fraction of sp³-hybridized carbons (Fsp3) is 0.609. The van der Waals surface area contributed by atoms with Gasteiger partial charge in [0.2, 0.25) is 17.7 Å². The number of carbonyl (C=O) groups excluding carboxylic acids is 3. The molecule has 2 aliphatic rings. The largest absolute Gasteiger partial charge is 0.489 e. The lowest BCUT2D eigenvalue weighted by Crippen LogP contribution is -2.53. The number of carbonyl (C=O) groups is 3. The standard InChI is InChI=1S/C23H36N4O4/c1-6-17-9-8-12-24-20(28)14-26-22(29)16(4)27(5)23(30)15(3)25-13-19-11-10-18(7-2)21(17)31-19/h6-7,15-16,19,25H,1,8-14H2,2-5H3,(H,24,28)(H,26,29)/b18-7-,21-17?. The third-order valence-corrected chi connectivity index (χ3v) is 5.90. The number of rotatable bonds is 1. The van der Waals surface area contributed by atoms with E-state index in [0.717, 1.165) is 42.6 Å². The Labute approximate surface area is 185 Å². The molecular formula is C23H36N4O4. The van der Waals surface area contributed by atoms with Crippen molar-refractivity contribution in [1.82, 2.24) is 20.9 Å². The smallest absolute Gasteiger partial charge is 0.242 e. The zero-order valence-electron chi connectivity index (χ0n) is 19.1. The summed E-state index contributed by atoms with van der Waals surface area (Å²) in [6.45, 7) is 10.3. The number of nitrogens with zero attached hydrogens (tertiary/aromatic N) is 1. The molecular weight excluding hydrogens is 396 g/mol. The number of likely N-dealkylation sites (N-methyl/N-ethyl adjacent to an activating group) is 1. The lowest BCUT2D eigenvalue weighted by Gasteiger charge is -2.32. The molecule has 3 N–H and O–H groups in total. The second-order valence-corrected chi connectivity index (χ2v) is 8.08. The van der Waals surface area contributed by atoms with Crippen molar-refractivity contribution < 1.29 is 19.1 Å². The van der Waals surface area contributed by atoms with E-state index >= 15 is 0 Å². The summed E-state index contributed by atoms with van der Waals surface area (Å²) in [4.78, 5) is 38.6. The van der Waals surface area contributed by atoms with Gasteiger partial charge in [-0.15, -0.1) is 0 Å². The molecule has 0 aliphatic carbocycles. The molecule has 0 spiro atoms. The molecule has 172 valence electrons. The van der Waals surface area contributed by atoms with Crippen LogP contribution in [0, 0.1) is 0 Å². The van der Waals surface area contributed by atoms with Crippen molar-refractivity contribution in [3.05, 3.63) is 35.6 Å². The first-order valence-corrected chi connectivity index (χ1v) is 11.0. The number of hydrogen-bond acceptors (Lipinski definition) is 5. The molecule has 3 atom stereocenters. The van der Waals surface area contributed by atoms with Crippen molar-refractivity contribution in [3.8, 4) is 0 Å². The van der Waals surface area contributed by atoms with Crippen molar-refractivity contribution in [2.45, 2.75) is 64.6 Å². The zero-order chi connectivity index (χ0) is 23.0. The number of hydrogen-bond donors (Lipinski definition) is 3. The molecule has 2 rings (SSSR count). The molecule has 31 heavy (non-hydrogen) atoms. The highest BCUT2D eigenvalue weighted by Crippen LogP contribution is 2.31. The molecule has 1 fully saturated rings. The maximum atomic E-state index is 12.8. The quantitative estimate of drug-likeness (QED) is 0.582. The molecule has 2 heterocycles. The summed E-state index contributed by atoms with van der Waals surface area (Å²) in [7, 11) is 1.59. The topological polar surface area (TPSA) is 99.8 Å². The van der Waals surface area contributed by atoms with Gasteiger partial charge in [0, 0.05) is 20.1 Å². The van der Waals surface area contributed by atoms with Crippen LogP contribution in [0.25, 0.3) is 0 Å². The average Bonchev–Trinajstić information content (AvgIpc) is 2.78. The van der Waals surface area contributed by atoms with E-state index in [2.05, 4.69) is 28.6 Å². The Balaban J connectivity index is 2.22. The highest BCUT2D eigenvalue weighted by Gasteiger charge is 2.28. The molecule has 2 bridgehead atoms. The Hall–Kier alpha value is -2.61. The summed E-state index contributed by atoms with van der Waals surface area (Å²) in [6.07, 6.45) is 7.03. The van der Waals surface area contributed by atoms with E-state index in [1.54, 1.807) is 20.9 Å². The molecule has 3 amide bonds. The minimum absolute atomic E-state index is 0.0616. The fourth-order valence-electron chi connectivity index (χ4n) is 3.69. The summed E-state index contributed by atoms with van der Waals surface area (Å²) >= 11 is 0. The van der Waals surface area contributed by atoms with Gasteiger partial charge in [-0.3, -0.25) is 14.4 Å². The number of allylic oxidation sites excluding steroid dienone is 4. The zero-order valence-corrected chi connectivity index (χ0v) is 19.1. The maximum absolute atomic E-state index is 12.8.